The van der Waals surface area contributed by atoms with Gasteiger partial charge in [-0.2, -0.15) is 0 Å². The smallest absolute Gasteiger partial charge is 0.265 e. The summed E-state index contributed by atoms with van der Waals surface area (Å²) in [5.74, 6) is -0.449. The van der Waals surface area contributed by atoms with Crippen LogP contribution in [0, 0.1) is 5.82 Å². The number of nitrogens with two attached hydrogens (primary N) is 1. The van der Waals surface area contributed by atoms with Crippen molar-refractivity contribution in [1.29, 1.82) is 0 Å². The van der Waals surface area contributed by atoms with Crippen LogP contribution < -0.4 is 15.8 Å². The molecule has 0 aliphatic rings. The Morgan fingerprint density at radius 1 is 1.29 bits per heavy atom. The van der Waals surface area contributed by atoms with Gasteiger partial charge in [0.15, 0.2) is 6.10 Å². The van der Waals surface area contributed by atoms with Crippen molar-refractivity contribution in [2.24, 2.45) is 5.73 Å². The normalized spacial score (nSPS) is 11.8. The molecule has 0 saturated heterocycles. The summed E-state index contributed by atoms with van der Waals surface area (Å²) in [5.41, 5.74) is 6.48. The largest absolute Gasteiger partial charge is 0.481 e. The first-order valence-electron chi connectivity index (χ1n) is 6.61. The SMILES string of the molecule is CC(Oc1ccc(CN)c(F)c1)C(=O)Nc1ccccc1. The zero-order chi connectivity index (χ0) is 15.2. The molecule has 2 aromatic rings. The van der Waals surface area contributed by atoms with E-state index in [9.17, 15) is 9.18 Å². The van der Waals surface area contributed by atoms with Crippen molar-refractivity contribution in [3.8, 4) is 5.75 Å². The first-order chi connectivity index (χ1) is 10.1. The summed E-state index contributed by atoms with van der Waals surface area (Å²) in [6.45, 7) is 1.73. The Morgan fingerprint density at radius 3 is 2.62 bits per heavy atom. The molecule has 0 aliphatic carbocycles. The van der Waals surface area contributed by atoms with E-state index < -0.39 is 11.9 Å². The van der Waals surface area contributed by atoms with Gasteiger partial charge in [-0.3, -0.25) is 4.79 Å². The van der Waals surface area contributed by atoms with E-state index in [1.165, 1.54) is 6.07 Å². The molecule has 1 amide bonds. The maximum atomic E-state index is 13.6. The van der Waals surface area contributed by atoms with Gasteiger partial charge in [0.05, 0.1) is 0 Å². The van der Waals surface area contributed by atoms with Crippen LogP contribution in [-0.4, -0.2) is 12.0 Å². The van der Waals surface area contributed by atoms with Crippen LogP contribution in [-0.2, 0) is 11.3 Å². The number of hydrogen-bond donors (Lipinski definition) is 2. The Hall–Kier alpha value is -2.40. The maximum absolute atomic E-state index is 13.6. The summed E-state index contributed by atoms with van der Waals surface area (Å²) in [4.78, 5) is 12.0. The summed E-state index contributed by atoms with van der Waals surface area (Å²) in [6, 6.07) is 13.4. The number of hydrogen-bond acceptors (Lipinski definition) is 3. The molecule has 1 unspecified atom stereocenters. The van der Waals surface area contributed by atoms with E-state index in [4.69, 9.17) is 10.5 Å². The van der Waals surface area contributed by atoms with Crippen LogP contribution in [0.2, 0.25) is 0 Å². The van der Waals surface area contributed by atoms with Crippen LogP contribution in [0.25, 0.3) is 0 Å². The fraction of sp³-hybridized carbons (Fsp3) is 0.188. The molecule has 110 valence electrons. The molecule has 0 spiro atoms. The highest BCUT2D eigenvalue weighted by molar-refractivity contribution is 5.94. The molecule has 0 heterocycles. The molecule has 2 rings (SSSR count). The quantitative estimate of drug-likeness (QED) is 0.889. The summed E-state index contributed by atoms with van der Waals surface area (Å²) in [6.07, 6.45) is -0.742. The molecule has 3 N–H and O–H groups in total. The minimum atomic E-state index is -0.742. The number of anilines is 1. The standard InChI is InChI=1S/C16H17FN2O2/c1-11(16(20)19-13-5-3-2-4-6-13)21-14-8-7-12(10-18)15(17)9-14/h2-9,11H,10,18H2,1H3,(H,19,20). The molecule has 21 heavy (non-hydrogen) atoms. The molecule has 0 fully saturated rings. The van der Waals surface area contributed by atoms with E-state index in [2.05, 4.69) is 5.32 Å². The zero-order valence-electron chi connectivity index (χ0n) is 11.7. The number of nitrogens with one attached hydrogen (secondary N) is 1. The predicted octanol–water partition coefficient (Wildman–Crippen LogP) is 2.69. The molecule has 0 radical (unpaired) electrons. The molecule has 4 nitrogen and oxygen atoms in total. The number of ether oxygens (including phenoxy) is 1. The van der Waals surface area contributed by atoms with Gasteiger partial charge in [0.1, 0.15) is 11.6 Å². The van der Waals surface area contributed by atoms with E-state index in [0.717, 1.165) is 0 Å². The molecule has 1 atom stereocenters. The number of benzene rings is 2. The van der Waals surface area contributed by atoms with Crippen LogP contribution >= 0.6 is 0 Å². The number of para-hydroxylation sites is 1. The molecular formula is C16H17FN2O2. The van der Waals surface area contributed by atoms with Gasteiger partial charge in [-0.15, -0.1) is 0 Å². The summed E-state index contributed by atoms with van der Waals surface area (Å²) in [7, 11) is 0. The Labute approximate surface area is 122 Å². The number of rotatable bonds is 5. The molecule has 0 aromatic heterocycles. The van der Waals surface area contributed by atoms with Gasteiger partial charge >= 0.3 is 0 Å². The topological polar surface area (TPSA) is 64.3 Å². The van der Waals surface area contributed by atoms with Crippen LogP contribution in [0.1, 0.15) is 12.5 Å². The Balaban J connectivity index is 1.99. The molecule has 0 saturated carbocycles. The van der Waals surface area contributed by atoms with Gasteiger partial charge < -0.3 is 15.8 Å². The number of amides is 1. The zero-order valence-corrected chi connectivity index (χ0v) is 11.7. The first-order valence-corrected chi connectivity index (χ1v) is 6.61. The van der Waals surface area contributed by atoms with Crippen molar-refractivity contribution in [2.75, 3.05) is 5.32 Å². The summed E-state index contributed by atoms with van der Waals surface area (Å²) >= 11 is 0. The van der Waals surface area contributed by atoms with Gasteiger partial charge in [-0.25, -0.2) is 4.39 Å². The monoisotopic (exact) mass is 288 g/mol. The second kappa shape index (κ2) is 6.85. The van der Waals surface area contributed by atoms with Gasteiger partial charge in [0, 0.05) is 23.9 Å². The van der Waals surface area contributed by atoms with Crippen LogP contribution in [0.5, 0.6) is 5.75 Å². The lowest BCUT2D eigenvalue weighted by Gasteiger charge is -2.15. The Morgan fingerprint density at radius 2 is 2.00 bits per heavy atom. The second-order valence-corrected chi connectivity index (χ2v) is 4.57. The minimum absolute atomic E-state index is 0.121. The number of halogens is 1. The lowest BCUT2D eigenvalue weighted by molar-refractivity contribution is -0.122. The van der Waals surface area contributed by atoms with Gasteiger partial charge in [0.25, 0.3) is 5.91 Å². The first kappa shape index (κ1) is 15.0. The molecule has 2 aromatic carbocycles. The van der Waals surface area contributed by atoms with Crippen molar-refractivity contribution in [3.05, 3.63) is 59.9 Å². The van der Waals surface area contributed by atoms with E-state index in [-0.39, 0.29) is 12.5 Å². The highest BCUT2D eigenvalue weighted by atomic mass is 19.1. The fourth-order valence-corrected chi connectivity index (χ4v) is 1.79. The lowest BCUT2D eigenvalue weighted by atomic mass is 10.2. The summed E-state index contributed by atoms with van der Waals surface area (Å²) < 4.78 is 19.0. The van der Waals surface area contributed by atoms with Crippen molar-refractivity contribution < 1.29 is 13.9 Å². The van der Waals surface area contributed by atoms with E-state index in [0.29, 0.717) is 17.0 Å². The lowest BCUT2D eigenvalue weighted by Crippen LogP contribution is -2.30. The van der Waals surface area contributed by atoms with Gasteiger partial charge in [-0.1, -0.05) is 24.3 Å². The molecule has 0 aliphatic heterocycles. The second-order valence-electron chi connectivity index (χ2n) is 4.57. The highest BCUT2D eigenvalue weighted by Gasteiger charge is 2.15. The van der Waals surface area contributed by atoms with Crippen LogP contribution in [0.3, 0.4) is 0 Å². The minimum Gasteiger partial charge on any atom is -0.481 e. The van der Waals surface area contributed by atoms with Crippen molar-refractivity contribution in [3.63, 3.8) is 0 Å². The third-order valence-corrected chi connectivity index (χ3v) is 2.97. The van der Waals surface area contributed by atoms with Crippen molar-refractivity contribution in [1.82, 2.24) is 0 Å². The van der Waals surface area contributed by atoms with E-state index >= 15 is 0 Å². The molecule has 5 heteroatoms. The Bertz CT molecular complexity index is 617. The highest BCUT2D eigenvalue weighted by Crippen LogP contribution is 2.18. The predicted molar refractivity (Wildman–Crippen MR) is 79.5 cm³/mol. The van der Waals surface area contributed by atoms with E-state index in [1.807, 2.05) is 18.2 Å². The maximum Gasteiger partial charge on any atom is 0.265 e. The number of carbonyl (C=O) groups excluding carboxylic acids is 1. The van der Waals surface area contributed by atoms with Crippen LogP contribution in [0.15, 0.2) is 48.5 Å². The number of carbonyl (C=O) groups is 1. The third kappa shape index (κ3) is 4.03. The molecular weight excluding hydrogens is 271 g/mol. The van der Waals surface area contributed by atoms with Crippen LogP contribution in [0.4, 0.5) is 10.1 Å². The summed E-state index contributed by atoms with van der Waals surface area (Å²) in [5, 5.41) is 2.72. The van der Waals surface area contributed by atoms with E-state index in [1.54, 1.807) is 31.2 Å². The van der Waals surface area contributed by atoms with Gasteiger partial charge in [-0.05, 0) is 25.1 Å². The molecule has 0 bridgehead atoms. The average Bonchev–Trinajstić information content (AvgIpc) is 2.48. The third-order valence-electron chi connectivity index (χ3n) is 2.97. The fourth-order valence-electron chi connectivity index (χ4n) is 1.79. The van der Waals surface area contributed by atoms with Crippen molar-refractivity contribution >= 4 is 11.6 Å². The van der Waals surface area contributed by atoms with Gasteiger partial charge in [0.2, 0.25) is 0 Å². The average molecular weight is 288 g/mol. The van der Waals surface area contributed by atoms with Crippen molar-refractivity contribution in [2.45, 2.75) is 19.6 Å². The Kier molecular flexibility index (Phi) is 4.90.